The van der Waals surface area contributed by atoms with Gasteiger partial charge in [-0.25, -0.2) is 4.79 Å². The zero-order chi connectivity index (χ0) is 18.8. The molecule has 6 heteroatoms. The van der Waals surface area contributed by atoms with Crippen molar-refractivity contribution >= 4 is 17.8 Å². The first kappa shape index (κ1) is 20.7. The lowest BCUT2D eigenvalue weighted by Crippen LogP contribution is -2.47. The number of hydrogen-bond donors (Lipinski definition) is 2. The summed E-state index contributed by atoms with van der Waals surface area (Å²) in [6.45, 7) is 5.40. The van der Waals surface area contributed by atoms with Crippen LogP contribution in [0.5, 0.6) is 0 Å². The lowest BCUT2D eigenvalue weighted by Gasteiger charge is -2.26. The van der Waals surface area contributed by atoms with E-state index < -0.39 is 12.0 Å². The lowest BCUT2D eigenvalue weighted by molar-refractivity contribution is -0.149. The minimum atomic E-state index is -1.06. The molecule has 0 aliphatic rings. The van der Waals surface area contributed by atoms with E-state index in [1.807, 2.05) is 24.3 Å². The van der Waals surface area contributed by atoms with Crippen molar-refractivity contribution in [2.45, 2.75) is 52.5 Å². The summed E-state index contributed by atoms with van der Waals surface area (Å²) in [6, 6.07) is 6.92. The van der Waals surface area contributed by atoms with E-state index in [0.29, 0.717) is 0 Å². The number of aliphatic carboxylic acids is 1. The Morgan fingerprint density at radius 2 is 1.76 bits per heavy atom. The zero-order valence-corrected chi connectivity index (χ0v) is 15.2. The Hall–Kier alpha value is -2.37. The van der Waals surface area contributed by atoms with Crippen molar-refractivity contribution in [3.05, 3.63) is 35.4 Å². The highest BCUT2D eigenvalue weighted by Gasteiger charge is 2.25. The molecule has 1 aromatic carbocycles. The van der Waals surface area contributed by atoms with Crippen molar-refractivity contribution in [1.29, 1.82) is 0 Å². The highest BCUT2D eigenvalue weighted by Crippen LogP contribution is 2.11. The highest BCUT2D eigenvalue weighted by molar-refractivity contribution is 5.84. The number of carbonyl (C=O) groups excluding carboxylic acids is 2. The molecule has 1 rings (SSSR count). The molecule has 0 spiro atoms. The van der Waals surface area contributed by atoms with E-state index in [1.165, 1.54) is 24.3 Å². The summed E-state index contributed by atoms with van der Waals surface area (Å²) >= 11 is 0. The molecule has 0 fully saturated rings. The van der Waals surface area contributed by atoms with E-state index in [9.17, 15) is 19.5 Å². The zero-order valence-electron chi connectivity index (χ0n) is 15.2. The van der Waals surface area contributed by atoms with Gasteiger partial charge in [-0.3, -0.25) is 9.59 Å². The molecule has 138 valence electrons. The van der Waals surface area contributed by atoms with E-state index in [4.69, 9.17) is 0 Å². The Kier molecular flexibility index (Phi) is 8.67. The smallest absolute Gasteiger partial charge is 0.326 e. The van der Waals surface area contributed by atoms with Gasteiger partial charge in [0, 0.05) is 20.0 Å². The SMILES string of the molecule is CCCCc1ccc(CC(=O)N(CCNC(C)=O)C(C)C(=O)O)cc1. The van der Waals surface area contributed by atoms with Crippen LogP contribution in [0, 0.1) is 0 Å². The molecule has 1 aromatic rings. The third kappa shape index (κ3) is 7.37. The van der Waals surface area contributed by atoms with Crippen LogP contribution in [-0.2, 0) is 27.2 Å². The van der Waals surface area contributed by atoms with Crippen molar-refractivity contribution in [2.75, 3.05) is 13.1 Å². The number of rotatable bonds is 10. The number of unbranched alkanes of at least 4 members (excludes halogenated alkanes) is 1. The van der Waals surface area contributed by atoms with Gasteiger partial charge in [0.25, 0.3) is 0 Å². The predicted octanol–water partition coefficient (Wildman–Crippen LogP) is 2.01. The van der Waals surface area contributed by atoms with Gasteiger partial charge in [-0.15, -0.1) is 0 Å². The number of nitrogens with one attached hydrogen (secondary N) is 1. The normalized spacial score (nSPS) is 11.6. The van der Waals surface area contributed by atoms with Crippen molar-refractivity contribution < 1.29 is 19.5 Å². The van der Waals surface area contributed by atoms with Gasteiger partial charge in [0.05, 0.1) is 6.42 Å². The van der Waals surface area contributed by atoms with Gasteiger partial charge in [0.15, 0.2) is 0 Å². The Balaban J connectivity index is 2.72. The molecule has 0 aliphatic carbocycles. The van der Waals surface area contributed by atoms with Crippen LogP contribution >= 0.6 is 0 Å². The number of amides is 2. The van der Waals surface area contributed by atoms with E-state index >= 15 is 0 Å². The Labute approximate surface area is 149 Å². The molecule has 0 aliphatic heterocycles. The maximum Gasteiger partial charge on any atom is 0.326 e. The minimum absolute atomic E-state index is 0.145. The fourth-order valence-electron chi connectivity index (χ4n) is 2.50. The quantitative estimate of drug-likeness (QED) is 0.677. The molecule has 2 N–H and O–H groups in total. The van der Waals surface area contributed by atoms with Crippen LogP contribution < -0.4 is 5.32 Å². The van der Waals surface area contributed by atoms with Gasteiger partial charge < -0.3 is 15.3 Å². The standard InChI is InChI=1S/C19H28N2O4/c1-4-5-6-16-7-9-17(10-8-16)13-18(23)21(14(2)19(24)25)12-11-20-15(3)22/h7-10,14H,4-6,11-13H2,1-3H3,(H,20,22)(H,24,25). The number of carbonyl (C=O) groups is 3. The summed E-state index contributed by atoms with van der Waals surface area (Å²) < 4.78 is 0. The summed E-state index contributed by atoms with van der Waals surface area (Å²) in [7, 11) is 0. The number of nitrogens with zero attached hydrogens (tertiary/aromatic N) is 1. The molecular weight excluding hydrogens is 320 g/mol. The number of aryl methyl sites for hydroxylation is 1. The second kappa shape index (κ2) is 10.5. The fourth-order valence-corrected chi connectivity index (χ4v) is 2.50. The first-order valence-electron chi connectivity index (χ1n) is 8.69. The van der Waals surface area contributed by atoms with Gasteiger partial charge in [-0.1, -0.05) is 37.6 Å². The number of carboxylic acids is 1. The molecule has 0 saturated heterocycles. The first-order chi connectivity index (χ1) is 11.8. The van der Waals surface area contributed by atoms with Crippen molar-refractivity contribution in [3.63, 3.8) is 0 Å². The summed E-state index contributed by atoms with van der Waals surface area (Å²) in [5.41, 5.74) is 2.09. The molecule has 1 unspecified atom stereocenters. The molecular formula is C19H28N2O4. The first-order valence-corrected chi connectivity index (χ1v) is 8.69. The lowest BCUT2D eigenvalue weighted by atomic mass is 10.0. The third-order valence-electron chi connectivity index (χ3n) is 4.07. The Morgan fingerprint density at radius 3 is 2.28 bits per heavy atom. The molecule has 0 radical (unpaired) electrons. The molecule has 0 saturated carbocycles. The number of carboxylic acid groups (broad SMARTS) is 1. The maximum atomic E-state index is 12.5. The molecule has 25 heavy (non-hydrogen) atoms. The second-order valence-electron chi connectivity index (χ2n) is 6.18. The van der Waals surface area contributed by atoms with Crippen molar-refractivity contribution in [3.8, 4) is 0 Å². The second-order valence-corrected chi connectivity index (χ2v) is 6.18. The van der Waals surface area contributed by atoms with Gasteiger partial charge in [-0.05, 0) is 30.9 Å². The van der Waals surface area contributed by atoms with Crippen molar-refractivity contribution in [2.24, 2.45) is 0 Å². The average Bonchev–Trinajstić information content (AvgIpc) is 2.57. The summed E-state index contributed by atoms with van der Waals surface area (Å²) in [6.07, 6.45) is 3.43. The van der Waals surface area contributed by atoms with Crippen LogP contribution in [0.4, 0.5) is 0 Å². The summed E-state index contributed by atoms with van der Waals surface area (Å²) in [5, 5.41) is 11.8. The van der Waals surface area contributed by atoms with Gasteiger partial charge in [0.1, 0.15) is 6.04 Å². The van der Waals surface area contributed by atoms with Crippen LogP contribution in [0.25, 0.3) is 0 Å². The van der Waals surface area contributed by atoms with Crippen LogP contribution in [0.2, 0.25) is 0 Å². The maximum absolute atomic E-state index is 12.5. The Bertz CT molecular complexity index is 584. The Morgan fingerprint density at radius 1 is 1.16 bits per heavy atom. The predicted molar refractivity (Wildman–Crippen MR) is 96.3 cm³/mol. The van der Waals surface area contributed by atoms with Gasteiger partial charge in [0.2, 0.25) is 11.8 Å². The topological polar surface area (TPSA) is 86.7 Å². The van der Waals surface area contributed by atoms with Gasteiger partial charge in [-0.2, -0.15) is 0 Å². The molecule has 6 nitrogen and oxygen atoms in total. The summed E-state index contributed by atoms with van der Waals surface area (Å²) in [5.74, 6) is -1.54. The van der Waals surface area contributed by atoms with Crippen LogP contribution in [0.15, 0.2) is 24.3 Å². The van der Waals surface area contributed by atoms with E-state index in [-0.39, 0.29) is 31.3 Å². The molecule has 2 amide bonds. The van der Waals surface area contributed by atoms with Crippen LogP contribution in [0.3, 0.4) is 0 Å². The number of benzene rings is 1. The third-order valence-corrected chi connectivity index (χ3v) is 4.07. The minimum Gasteiger partial charge on any atom is -0.480 e. The van der Waals surface area contributed by atoms with Crippen LogP contribution in [0.1, 0.15) is 44.7 Å². The van der Waals surface area contributed by atoms with Crippen molar-refractivity contribution in [1.82, 2.24) is 10.2 Å². The molecule has 0 aromatic heterocycles. The molecule has 0 heterocycles. The van der Waals surface area contributed by atoms with Crippen LogP contribution in [-0.4, -0.2) is 46.9 Å². The fraction of sp³-hybridized carbons (Fsp3) is 0.526. The largest absolute Gasteiger partial charge is 0.480 e. The van der Waals surface area contributed by atoms with E-state index in [1.54, 1.807) is 0 Å². The molecule has 0 bridgehead atoms. The monoisotopic (exact) mass is 348 g/mol. The highest BCUT2D eigenvalue weighted by atomic mass is 16.4. The van der Waals surface area contributed by atoms with Gasteiger partial charge >= 0.3 is 5.97 Å². The molecule has 1 atom stereocenters. The van der Waals surface area contributed by atoms with E-state index in [2.05, 4.69) is 12.2 Å². The van der Waals surface area contributed by atoms with E-state index in [0.717, 1.165) is 24.8 Å². The summed E-state index contributed by atoms with van der Waals surface area (Å²) in [4.78, 5) is 36.1. The average molecular weight is 348 g/mol. The number of hydrogen-bond acceptors (Lipinski definition) is 3.